The molecule has 3 N–H and O–H groups in total. The minimum Gasteiger partial charge on any atom is -0.370 e. The molecule has 1 amide bonds. The van der Waals surface area contributed by atoms with E-state index >= 15 is 0 Å². The Hall–Kier alpha value is -0.650. The van der Waals surface area contributed by atoms with Gasteiger partial charge in [0, 0.05) is 32.3 Å². The number of amides is 1. The molecule has 0 saturated carbocycles. The average molecular weight is 241 g/mol. The Kier molecular flexibility index (Phi) is 4.36. The van der Waals surface area contributed by atoms with Gasteiger partial charge in [-0.05, 0) is 25.8 Å². The summed E-state index contributed by atoms with van der Waals surface area (Å²) in [5.74, 6) is -0.0626. The molecule has 0 aromatic heterocycles. The number of nitrogens with two attached hydrogens (primary N) is 1. The van der Waals surface area contributed by atoms with Crippen molar-refractivity contribution in [3.8, 4) is 0 Å². The normalized spacial score (nSPS) is 30.9. The van der Waals surface area contributed by atoms with E-state index in [4.69, 9.17) is 10.5 Å². The van der Waals surface area contributed by atoms with Crippen molar-refractivity contribution in [3.63, 3.8) is 0 Å². The lowest BCUT2D eigenvalue weighted by Crippen LogP contribution is -2.50. The van der Waals surface area contributed by atoms with Crippen molar-refractivity contribution >= 4 is 5.91 Å². The fourth-order valence-corrected chi connectivity index (χ4v) is 3.00. The summed E-state index contributed by atoms with van der Waals surface area (Å²) >= 11 is 0. The number of ether oxygens (including phenoxy) is 1. The lowest BCUT2D eigenvalue weighted by Gasteiger charge is -2.33. The van der Waals surface area contributed by atoms with Gasteiger partial charge in [0.2, 0.25) is 0 Å². The molecule has 2 aliphatic rings. The van der Waals surface area contributed by atoms with E-state index in [0.717, 1.165) is 13.0 Å². The van der Waals surface area contributed by atoms with E-state index in [1.54, 1.807) is 0 Å². The molecule has 17 heavy (non-hydrogen) atoms. The Labute approximate surface area is 103 Å². The fourth-order valence-electron chi connectivity index (χ4n) is 3.00. The molecule has 2 aliphatic heterocycles. The molecule has 5 heteroatoms. The van der Waals surface area contributed by atoms with Gasteiger partial charge in [-0.1, -0.05) is 6.42 Å². The summed E-state index contributed by atoms with van der Waals surface area (Å²) in [4.78, 5) is 14.4. The van der Waals surface area contributed by atoms with E-state index in [9.17, 15) is 4.79 Å². The van der Waals surface area contributed by atoms with Gasteiger partial charge in [-0.2, -0.15) is 0 Å². The second-order valence-corrected chi connectivity index (χ2v) is 4.96. The van der Waals surface area contributed by atoms with Gasteiger partial charge < -0.3 is 15.8 Å². The summed E-state index contributed by atoms with van der Waals surface area (Å²) in [7, 11) is 1.53. The number of rotatable bonds is 4. The third-order valence-corrected chi connectivity index (χ3v) is 3.97. The van der Waals surface area contributed by atoms with Crippen molar-refractivity contribution in [1.29, 1.82) is 0 Å². The van der Waals surface area contributed by atoms with Crippen molar-refractivity contribution in [1.82, 2.24) is 10.2 Å². The van der Waals surface area contributed by atoms with Crippen molar-refractivity contribution < 1.29 is 9.53 Å². The van der Waals surface area contributed by atoms with Gasteiger partial charge in [-0.25, -0.2) is 0 Å². The summed E-state index contributed by atoms with van der Waals surface area (Å²) in [6, 6.07) is 0.815. The third kappa shape index (κ3) is 2.78. The molecule has 0 radical (unpaired) electrons. The number of fused-ring (bicyclic) bond motifs is 1. The van der Waals surface area contributed by atoms with Crippen LogP contribution in [0.15, 0.2) is 0 Å². The van der Waals surface area contributed by atoms with Gasteiger partial charge in [-0.3, -0.25) is 9.69 Å². The summed E-state index contributed by atoms with van der Waals surface area (Å²) in [6.07, 6.45) is 4.31. The molecule has 2 fully saturated rings. The lowest BCUT2D eigenvalue weighted by atomic mass is 9.99. The molecule has 98 valence electrons. The zero-order valence-corrected chi connectivity index (χ0v) is 10.5. The van der Waals surface area contributed by atoms with Gasteiger partial charge >= 0.3 is 0 Å². The summed E-state index contributed by atoms with van der Waals surface area (Å²) in [5.41, 5.74) is 5.49. The van der Waals surface area contributed by atoms with Gasteiger partial charge in [0.1, 0.15) is 6.10 Å². The first-order valence-corrected chi connectivity index (χ1v) is 6.53. The third-order valence-electron chi connectivity index (χ3n) is 3.97. The second-order valence-electron chi connectivity index (χ2n) is 4.96. The maximum atomic E-state index is 11.9. The lowest BCUT2D eigenvalue weighted by molar-refractivity contribution is -0.131. The molecule has 3 unspecified atom stereocenters. The summed E-state index contributed by atoms with van der Waals surface area (Å²) in [6.45, 7) is 2.53. The van der Waals surface area contributed by atoms with Crippen LogP contribution in [0.3, 0.4) is 0 Å². The minimum atomic E-state index is -0.507. The Bertz CT molecular complexity index is 268. The quantitative estimate of drug-likeness (QED) is 0.709. The number of methoxy groups -OCH3 is 1. The standard InChI is InChI=1S/C12H23N3O2/c1-17-11(8-13)12(16)14-9-5-7-15-6-3-2-4-10(9)15/h9-11H,2-8,13H2,1H3,(H,14,16). The Morgan fingerprint density at radius 1 is 1.47 bits per heavy atom. The number of nitrogens with zero attached hydrogens (tertiary/aromatic N) is 1. The molecule has 0 aromatic rings. The van der Waals surface area contributed by atoms with E-state index in [-0.39, 0.29) is 18.5 Å². The predicted octanol–water partition coefficient (Wildman–Crippen LogP) is -0.297. The molecule has 3 atom stereocenters. The molecule has 0 bridgehead atoms. The summed E-state index contributed by atoms with van der Waals surface area (Å²) in [5, 5.41) is 3.09. The van der Waals surface area contributed by atoms with Crippen LogP contribution in [-0.4, -0.2) is 55.7 Å². The van der Waals surface area contributed by atoms with Crippen LogP contribution in [0.2, 0.25) is 0 Å². The molecule has 2 saturated heterocycles. The summed E-state index contributed by atoms with van der Waals surface area (Å²) < 4.78 is 5.06. The zero-order chi connectivity index (χ0) is 12.3. The van der Waals surface area contributed by atoms with Crippen LogP contribution in [0.25, 0.3) is 0 Å². The van der Waals surface area contributed by atoms with Gasteiger partial charge in [0.15, 0.2) is 0 Å². The number of hydrogen-bond donors (Lipinski definition) is 2. The Morgan fingerprint density at radius 2 is 2.29 bits per heavy atom. The first-order chi connectivity index (χ1) is 8.26. The van der Waals surface area contributed by atoms with E-state index in [1.165, 1.54) is 32.9 Å². The number of hydrogen-bond acceptors (Lipinski definition) is 4. The highest BCUT2D eigenvalue weighted by molar-refractivity contribution is 5.81. The highest BCUT2D eigenvalue weighted by Gasteiger charge is 2.36. The van der Waals surface area contributed by atoms with Gasteiger partial charge in [0.25, 0.3) is 5.91 Å². The van der Waals surface area contributed by atoms with Gasteiger partial charge in [-0.15, -0.1) is 0 Å². The Morgan fingerprint density at radius 3 is 3.00 bits per heavy atom. The van der Waals surface area contributed by atoms with Crippen LogP contribution in [0, 0.1) is 0 Å². The van der Waals surface area contributed by atoms with Crippen molar-refractivity contribution in [2.75, 3.05) is 26.7 Å². The SMILES string of the molecule is COC(CN)C(=O)NC1CCN2CCCCC12. The number of carbonyl (C=O) groups excluding carboxylic acids is 1. The van der Waals surface area contributed by atoms with Crippen LogP contribution < -0.4 is 11.1 Å². The topological polar surface area (TPSA) is 67.6 Å². The molecule has 0 spiro atoms. The highest BCUT2D eigenvalue weighted by atomic mass is 16.5. The first kappa shape index (κ1) is 12.8. The number of piperidine rings is 1. The second kappa shape index (κ2) is 5.80. The molecule has 5 nitrogen and oxygen atoms in total. The highest BCUT2D eigenvalue weighted by Crippen LogP contribution is 2.27. The number of carbonyl (C=O) groups is 1. The number of nitrogens with one attached hydrogen (secondary N) is 1. The van der Waals surface area contributed by atoms with Crippen molar-refractivity contribution in [2.24, 2.45) is 5.73 Å². The Balaban J connectivity index is 1.88. The van der Waals surface area contributed by atoms with Gasteiger partial charge in [0.05, 0.1) is 0 Å². The van der Waals surface area contributed by atoms with E-state index in [0.29, 0.717) is 6.04 Å². The molecular formula is C12H23N3O2. The van der Waals surface area contributed by atoms with Crippen LogP contribution >= 0.6 is 0 Å². The molecule has 2 heterocycles. The van der Waals surface area contributed by atoms with Crippen molar-refractivity contribution in [2.45, 2.75) is 43.9 Å². The smallest absolute Gasteiger partial charge is 0.250 e. The van der Waals surface area contributed by atoms with Crippen LogP contribution in [-0.2, 0) is 9.53 Å². The predicted molar refractivity (Wildman–Crippen MR) is 65.6 cm³/mol. The largest absolute Gasteiger partial charge is 0.370 e. The molecule has 0 aromatic carbocycles. The fraction of sp³-hybridized carbons (Fsp3) is 0.917. The van der Waals surface area contributed by atoms with Crippen LogP contribution in [0.5, 0.6) is 0 Å². The van der Waals surface area contributed by atoms with E-state index in [2.05, 4.69) is 10.2 Å². The molecule has 0 aliphatic carbocycles. The molecule has 2 rings (SSSR count). The maximum absolute atomic E-state index is 11.9. The molecular weight excluding hydrogens is 218 g/mol. The maximum Gasteiger partial charge on any atom is 0.250 e. The van der Waals surface area contributed by atoms with Crippen LogP contribution in [0.1, 0.15) is 25.7 Å². The first-order valence-electron chi connectivity index (χ1n) is 6.53. The van der Waals surface area contributed by atoms with Crippen molar-refractivity contribution in [3.05, 3.63) is 0 Å². The monoisotopic (exact) mass is 241 g/mol. The van der Waals surface area contributed by atoms with Crippen LogP contribution in [0.4, 0.5) is 0 Å². The average Bonchev–Trinajstić information content (AvgIpc) is 2.74. The minimum absolute atomic E-state index is 0.0626. The van der Waals surface area contributed by atoms with E-state index < -0.39 is 6.10 Å². The van der Waals surface area contributed by atoms with E-state index in [1.807, 2.05) is 0 Å². The zero-order valence-electron chi connectivity index (χ0n) is 10.5.